The first-order chi connectivity index (χ1) is 13.5. The maximum absolute atomic E-state index is 13.1. The minimum Gasteiger partial charge on any atom is -0.406 e. The van der Waals surface area contributed by atoms with Crippen LogP contribution in [0, 0.1) is 12.8 Å². The number of anilines is 2. The smallest absolute Gasteiger partial charge is 0.406 e. The summed E-state index contributed by atoms with van der Waals surface area (Å²) in [7, 11) is -3.92. The Hall–Kier alpha value is -2.75. The van der Waals surface area contributed by atoms with E-state index in [1.807, 2.05) is 6.92 Å². The molecule has 1 aliphatic carbocycles. The summed E-state index contributed by atoms with van der Waals surface area (Å²) < 4.78 is 66.4. The van der Waals surface area contributed by atoms with Gasteiger partial charge in [0.15, 0.2) is 4.75 Å². The highest BCUT2D eigenvalue weighted by Gasteiger charge is 2.75. The van der Waals surface area contributed by atoms with Gasteiger partial charge in [-0.3, -0.25) is 9.10 Å². The Labute approximate surface area is 165 Å². The molecule has 1 N–H and O–H groups in total. The molecule has 0 unspecified atom stereocenters. The van der Waals surface area contributed by atoms with Crippen LogP contribution in [-0.2, 0) is 14.8 Å². The summed E-state index contributed by atoms with van der Waals surface area (Å²) in [5.41, 5.74) is 1.68. The summed E-state index contributed by atoms with van der Waals surface area (Å²) in [6.45, 7) is 2.11. The lowest BCUT2D eigenvalue weighted by molar-refractivity contribution is -0.274. The third-order valence-corrected chi connectivity index (χ3v) is 7.78. The molecule has 2 aliphatic rings. The maximum atomic E-state index is 13.1. The molecule has 1 saturated heterocycles. The molecule has 2 aromatic rings. The van der Waals surface area contributed by atoms with E-state index in [0.717, 1.165) is 17.7 Å². The number of sulfonamides is 1. The first kappa shape index (κ1) is 19.6. The molecule has 0 spiro atoms. The van der Waals surface area contributed by atoms with Gasteiger partial charge in [-0.15, -0.1) is 13.2 Å². The third kappa shape index (κ3) is 3.31. The number of aryl methyl sites for hydroxylation is 1. The van der Waals surface area contributed by atoms with Gasteiger partial charge in [-0.1, -0.05) is 17.7 Å². The van der Waals surface area contributed by atoms with Crippen LogP contribution in [0.2, 0.25) is 0 Å². The number of hydrogen-bond acceptors (Lipinski definition) is 4. The van der Waals surface area contributed by atoms with E-state index in [4.69, 9.17) is 0 Å². The molecule has 10 heteroatoms. The Morgan fingerprint density at radius 1 is 1.14 bits per heavy atom. The molecular formula is C19H17F3N2O4S. The molecule has 0 aromatic heterocycles. The van der Waals surface area contributed by atoms with Crippen molar-refractivity contribution in [2.45, 2.75) is 24.5 Å². The fraction of sp³-hybridized carbons (Fsp3) is 0.316. The van der Waals surface area contributed by atoms with Crippen molar-refractivity contribution in [3.63, 3.8) is 0 Å². The Balaban J connectivity index is 1.51. The average molecular weight is 426 g/mol. The predicted molar refractivity (Wildman–Crippen MR) is 100 cm³/mol. The summed E-state index contributed by atoms with van der Waals surface area (Å²) in [5, 5.41) is 2.51. The van der Waals surface area contributed by atoms with Crippen molar-refractivity contribution in [1.29, 1.82) is 0 Å². The van der Waals surface area contributed by atoms with Gasteiger partial charge in [-0.25, -0.2) is 8.42 Å². The number of benzene rings is 2. The zero-order valence-electron chi connectivity index (χ0n) is 15.2. The molecule has 2 aromatic carbocycles. The van der Waals surface area contributed by atoms with Crippen LogP contribution in [-0.4, -0.2) is 32.0 Å². The second-order valence-electron chi connectivity index (χ2n) is 7.19. The van der Waals surface area contributed by atoms with Crippen LogP contribution in [0.25, 0.3) is 0 Å². The molecule has 0 bridgehead atoms. The summed E-state index contributed by atoms with van der Waals surface area (Å²) in [6.07, 6.45) is -4.60. The van der Waals surface area contributed by atoms with Crippen LogP contribution in [0.1, 0.15) is 12.0 Å². The SMILES string of the molecule is Cc1ccc(N2C[C@H]3C[C@]3(C(=O)Nc3ccc(OC(F)(F)F)cc3)S2(=O)=O)cc1. The van der Waals surface area contributed by atoms with Crippen LogP contribution in [0.3, 0.4) is 0 Å². The number of rotatable bonds is 4. The quantitative estimate of drug-likeness (QED) is 0.813. The van der Waals surface area contributed by atoms with Gasteiger partial charge in [-0.2, -0.15) is 0 Å². The van der Waals surface area contributed by atoms with E-state index in [0.29, 0.717) is 5.69 Å². The van der Waals surface area contributed by atoms with Gasteiger partial charge in [0.25, 0.3) is 0 Å². The van der Waals surface area contributed by atoms with E-state index < -0.39 is 32.8 Å². The van der Waals surface area contributed by atoms with Crippen molar-refractivity contribution in [1.82, 2.24) is 0 Å². The largest absolute Gasteiger partial charge is 0.573 e. The number of nitrogens with one attached hydrogen (secondary N) is 1. The molecule has 1 amide bonds. The van der Waals surface area contributed by atoms with E-state index in [2.05, 4.69) is 10.1 Å². The van der Waals surface area contributed by atoms with Crippen molar-refractivity contribution in [3.05, 3.63) is 54.1 Å². The van der Waals surface area contributed by atoms with Crippen LogP contribution in [0.5, 0.6) is 5.75 Å². The minimum absolute atomic E-state index is 0.188. The normalized spacial score (nSPS) is 24.7. The summed E-state index contributed by atoms with van der Waals surface area (Å²) >= 11 is 0. The lowest BCUT2D eigenvalue weighted by Gasteiger charge is -2.23. The van der Waals surface area contributed by atoms with Crippen LogP contribution in [0.15, 0.2) is 48.5 Å². The van der Waals surface area contributed by atoms with E-state index in [-0.39, 0.29) is 24.6 Å². The van der Waals surface area contributed by atoms with Crippen molar-refractivity contribution >= 4 is 27.3 Å². The van der Waals surface area contributed by atoms with Gasteiger partial charge in [-0.05, 0) is 49.7 Å². The summed E-state index contributed by atoms with van der Waals surface area (Å²) in [6, 6.07) is 11.5. The molecule has 154 valence electrons. The summed E-state index contributed by atoms with van der Waals surface area (Å²) in [5.74, 6) is -1.44. The lowest BCUT2D eigenvalue weighted by Crippen LogP contribution is -2.42. The van der Waals surface area contributed by atoms with E-state index in [9.17, 15) is 26.4 Å². The molecule has 2 fully saturated rings. The fourth-order valence-electron chi connectivity index (χ4n) is 3.66. The number of fused-ring (bicyclic) bond motifs is 1. The van der Waals surface area contributed by atoms with Crippen molar-refractivity contribution in [2.75, 3.05) is 16.2 Å². The molecule has 1 saturated carbocycles. The molecule has 4 rings (SSSR count). The molecule has 1 aliphatic heterocycles. The highest BCUT2D eigenvalue weighted by Crippen LogP contribution is 2.58. The molecular weight excluding hydrogens is 409 g/mol. The van der Waals surface area contributed by atoms with Gasteiger partial charge in [0.05, 0.1) is 5.69 Å². The standard InChI is InChI=1S/C19H17F3N2O4S/c1-12-2-6-15(7-3-12)24-11-13-10-18(13,29(24,26)27)17(25)23-14-4-8-16(9-5-14)28-19(20,21)22/h2-9,13H,10-11H2,1H3,(H,23,25)/t13-,18+/m1/s1. The van der Waals surface area contributed by atoms with E-state index in [1.54, 1.807) is 24.3 Å². The highest BCUT2D eigenvalue weighted by molar-refractivity contribution is 7.95. The molecule has 29 heavy (non-hydrogen) atoms. The van der Waals surface area contributed by atoms with Gasteiger partial charge < -0.3 is 10.1 Å². The Morgan fingerprint density at radius 2 is 1.76 bits per heavy atom. The molecule has 0 radical (unpaired) electrons. The monoisotopic (exact) mass is 426 g/mol. The number of amides is 1. The number of halogens is 3. The van der Waals surface area contributed by atoms with Crippen molar-refractivity contribution in [2.24, 2.45) is 5.92 Å². The summed E-state index contributed by atoms with van der Waals surface area (Å²) in [4.78, 5) is 12.8. The molecule has 1 heterocycles. The zero-order chi connectivity index (χ0) is 21.0. The van der Waals surface area contributed by atoms with Gasteiger partial charge in [0.1, 0.15) is 5.75 Å². The van der Waals surface area contributed by atoms with Gasteiger partial charge in [0, 0.05) is 18.2 Å². The topological polar surface area (TPSA) is 75.7 Å². The van der Waals surface area contributed by atoms with Crippen LogP contribution >= 0.6 is 0 Å². The first-order valence-corrected chi connectivity index (χ1v) is 10.2. The fourth-order valence-corrected chi connectivity index (χ4v) is 6.02. The number of carbonyl (C=O) groups excluding carboxylic acids is 1. The second kappa shape index (κ2) is 6.38. The maximum Gasteiger partial charge on any atom is 0.573 e. The second-order valence-corrected chi connectivity index (χ2v) is 9.31. The lowest BCUT2D eigenvalue weighted by atomic mass is 10.2. The van der Waals surface area contributed by atoms with E-state index >= 15 is 0 Å². The molecule has 2 atom stereocenters. The van der Waals surface area contributed by atoms with Gasteiger partial charge >= 0.3 is 6.36 Å². The first-order valence-electron chi connectivity index (χ1n) is 8.79. The Morgan fingerprint density at radius 3 is 2.34 bits per heavy atom. The van der Waals surface area contributed by atoms with Gasteiger partial charge in [0.2, 0.25) is 15.9 Å². The number of hydrogen-bond donors (Lipinski definition) is 1. The average Bonchev–Trinajstić information content (AvgIpc) is 3.32. The van der Waals surface area contributed by atoms with Crippen LogP contribution in [0.4, 0.5) is 24.5 Å². The number of alkyl halides is 3. The zero-order valence-corrected chi connectivity index (χ0v) is 16.0. The third-order valence-electron chi connectivity index (χ3n) is 5.24. The minimum atomic E-state index is -4.82. The van der Waals surface area contributed by atoms with Crippen LogP contribution < -0.4 is 14.4 Å². The van der Waals surface area contributed by atoms with Crippen molar-refractivity contribution in [3.8, 4) is 5.75 Å². The molecule has 6 nitrogen and oxygen atoms in total. The number of ether oxygens (including phenoxy) is 1. The predicted octanol–water partition coefficient (Wildman–Crippen LogP) is 3.44. The number of nitrogens with zero attached hydrogens (tertiary/aromatic N) is 1. The number of carbonyl (C=O) groups is 1. The van der Waals surface area contributed by atoms with E-state index in [1.165, 1.54) is 16.4 Å². The van der Waals surface area contributed by atoms with Crippen molar-refractivity contribution < 1.29 is 31.1 Å². The highest BCUT2D eigenvalue weighted by atomic mass is 32.2. The Kier molecular flexibility index (Phi) is 4.30. The Bertz CT molecular complexity index is 1050.